The largest absolute Gasteiger partial charge is 0.484 e. The Hall–Kier alpha value is -1.74. The lowest BCUT2D eigenvalue weighted by Crippen LogP contribution is -2.14. The maximum atomic E-state index is 6.25. The van der Waals surface area contributed by atoms with Crippen molar-refractivity contribution in [1.29, 1.82) is 0 Å². The van der Waals surface area contributed by atoms with Crippen LogP contribution in [0.1, 0.15) is 35.8 Å². The smallest absolute Gasteiger partial charge is 0.139 e. The molecule has 4 rings (SSSR count). The van der Waals surface area contributed by atoms with Gasteiger partial charge in [0, 0.05) is 15.4 Å². The van der Waals surface area contributed by atoms with Gasteiger partial charge in [0.1, 0.15) is 11.9 Å². The van der Waals surface area contributed by atoms with Gasteiger partial charge in [-0.1, -0.05) is 33.6 Å². The first-order chi connectivity index (χ1) is 10.7. The van der Waals surface area contributed by atoms with E-state index < -0.39 is 0 Å². The zero-order valence-corrected chi connectivity index (χ0v) is 14.1. The molecule has 1 atom stereocenters. The molecule has 3 aromatic rings. The molecule has 0 saturated heterocycles. The zero-order chi connectivity index (χ0) is 15.1. The van der Waals surface area contributed by atoms with Crippen molar-refractivity contribution in [3.8, 4) is 5.75 Å². The van der Waals surface area contributed by atoms with Gasteiger partial charge in [-0.15, -0.1) is 0 Å². The Morgan fingerprint density at radius 2 is 1.95 bits per heavy atom. The van der Waals surface area contributed by atoms with E-state index in [1.807, 2.05) is 0 Å². The van der Waals surface area contributed by atoms with Gasteiger partial charge in [-0.05, 0) is 62.1 Å². The van der Waals surface area contributed by atoms with E-state index in [4.69, 9.17) is 4.74 Å². The number of aromatic nitrogens is 1. The molecule has 2 nitrogen and oxygen atoms in total. The molecule has 0 aliphatic heterocycles. The second kappa shape index (κ2) is 5.47. The van der Waals surface area contributed by atoms with Crippen LogP contribution in [0.4, 0.5) is 0 Å². The molecule has 0 fully saturated rings. The molecule has 22 heavy (non-hydrogen) atoms. The number of rotatable bonds is 2. The molecule has 0 saturated carbocycles. The van der Waals surface area contributed by atoms with Crippen LogP contribution in [-0.2, 0) is 6.42 Å². The number of halogens is 1. The molecule has 0 radical (unpaired) electrons. The van der Waals surface area contributed by atoms with Crippen molar-refractivity contribution in [1.82, 2.24) is 4.98 Å². The van der Waals surface area contributed by atoms with Gasteiger partial charge in [0.15, 0.2) is 0 Å². The summed E-state index contributed by atoms with van der Waals surface area (Å²) in [5.41, 5.74) is 5.12. The van der Waals surface area contributed by atoms with Crippen molar-refractivity contribution in [2.75, 3.05) is 0 Å². The highest BCUT2D eigenvalue weighted by molar-refractivity contribution is 9.10. The van der Waals surface area contributed by atoms with Crippen LogP contribution >= 0.6 is 15.9 Å². The van der Waals surface area contributed by atoms with Crippen LogP contribution in [0.15, 0.2) is 46.9 Å². The fraction of sp³-hybridized carbons (Fsp3) is 0.263. The monoisotopic (exact) mass is 355 g/mol. The number of aromatic amines is 1. The second-order valence-corrected chi connectivity index (χ2v) is 6.93. The molecule has 1 aliphatic carbocycles. The highest BCUT2D eigenvalue weighted by Crippen LogP contribution is 2.38. The molecule has 1 aromatic heterocycles. The van der Waals surface area contributed by atoms with Gasteiger partial charge in [-0.3, -0.25) is 0 Å². The molecule has 2 aromatic carbocycles. The first-order valence-electron chi connectivity index (χ1n) is 7.74. The van der Waals surface area contributed by atoms with E-state index in [-0.39, 0.29) is 6.10 Å². The Balaban J connectivity index is 1.72. The number of aryl methyl sites for hydroxylation is 2. The molecule has 1 heterocycles. The predicted octanol–water partition coefficient (Wildman–Crippen LogP) is 5.70. The van der Waals surface area contributed by atoms with Crippen LogP contribution in [0, 0.1) is 6.92 Å². The minimum atomic E-state index is 0.123. The first-order valence-corrected chi connectivity index (χ1v) is 8.53. The van der Waals surface area contributed by atoms with Crippen LogP contribution in [-0.4, -0.2) is 4.98 Å². The van der Waals surface area contributed by atoms with E-state index in [0.717, 1.165) is 23.1 Å². The number of H-pyrrole nitrogens is 1. The molecule has 0 bridgehead atoms. The Labute approximate surface area is 138 Å². The molecule has 1 unspecified atom stereocenters. The Morgan fingerprint density at radius 3 is 2.77 bits per heavy atom. The summed E-state index contributed by atoms with van der Waals surface area (Å²) in [7, 11) is 0. The molecule has 1 N–H and O–H groups in total. The molecular formula is C19H18BrNO. The van der Waals surface area contributed by atoms with E-state index in [9.17, 15) is 0 Å². The topological polar surface area (TPSA) is 25.0 Å². The zero-order valence-electron chi connectivity index (χ0n) is 12.5. The SMILES string of the molecule is Cc1ccc(OC2CCCc3c2[nH]c2ccc(Br)cc32)cc1. The van der Waals surface area contributed by atoms with Gasteiger partial charge in [0.25, 0.3) is 0 Å². The lowest BCUT2D eigenvalue weighted by Gasteiger charge is -2.24. The van der Waals surface area contributed by atoms with E-state index >= 15 is 0 Å². The summed E-state index contributed by atoms with van der Waals surface area (Å²) in [5.74, 6) is 0.947. The quantitative estimate of drug-likeness (QED) is 0.626. The molecule has 3 heteroatoms. The average Bonchev–Trinajstić information content (AvgIpc) is 2.89. The summed E-state index contributed by atoms with van der Waals surface area (Å²) < 4.78 is 7.38. The lowest BCUT2D eigenvalue weighted by molar-refractivity contribution is 0.179. The normalized spacial score (nSPS) is 17.5. The number of fused-ring (bicyclic) bond motifs is 3. The van der Waals surface area contributed by atoms with E-state index in [1.165, 1.54) is 34.1 Å². The van der Waals surface area contributed by atoms with Gasteiger partial charge in [-0.25, -0.2) is 0 Å². The van der Waals surface area contributed by atoms with Crippen molar-refractivity contribution in [3.05, 3.63) is 63.8 Å². The summed E-state index contributed by atoms with van der Waals surface area (Å²) in [6.45, 7) is 2.10. The number of hydrogen-bond donors (Lipinski definition) is 1. The van der Waals surface area contributed by atoms with Gasteiger partial charge in [-0.2, -0.15) is 0 Å². The lowest BCUT2D eigenvalue weighted by atomic mass is 9.93. The third-order valence-corrected chi connectivity index (χ3v) is 4.91. The molecular weight excluding hydrogens is 338 g/mol. The van der Waals surface area contributed by atoms with E-state index in [1.54, 1.807) is 0 Å². The van der Waals surface area contributed by atoms with Crippen molar-refractivity contribution in [2.45, 2.75) is 32.3 Å². The Bertz CT molecular complexity index is 819. The molecule has 1 aliphatic rings. The minimum Gasteiger partial charge on any atom is -0.484 e. The highest BCUT2D eigenvalue weighted by Gasteiger charge is 2.25. The number of ether oxygens (including phenoxy) is 1. The van der Waals surface area contributed by atoms with Crippen LogP contribution in [0.3, 0.4) is 0 Å². The molecule has 112 valence electrons. The maximum Gasteiger partial charge on any atom is 0.139 e. The summed E-state index contributed by atoms with van der Waals surface area (Å²) >= 11 is 3.58. The standard InChI is InChI=1S/C19H18BrNO/c1-12-5-8-14(9-6-12)22-18-4-2-3-15-16-11-13(20)7-10-17(16)21-19(15)18/h5-11,18,21H,2-4H2,1H3. The Morgan fingerprint density at radius 1 is 1.14 bits per heavy atom. The predicted molar refractivity (Wildman–Crippen MR) is 93.5 cm³/mol. The number of hydrogen-bond acceptors (Lipinski definition) is 1. The van der Waals surface area contributed by atoms with Gasteiger partial charge in [0.05, 0.1) is 5.69 Å². The number of nitrogens with one attached hydrogen (secondary N) is 1. The highest BCUT2D eigenvalue weighted by atomic mass is 79.9. The second-order valence-electron chi connectivity index (χ2n) is 6.02. The maximum absolute atomic E-state index is 6.25. The van der Waals surface area contributed by atoms with E-state index in [0.29, 0.717) is 0 Å². The van der Waals surface area contributed by atoms with Gasteiger partial charge >= 0.3 is 0 Å². The first kappa shape index (κ1) is 13.9. The van der Waals surface area contributed by atoms with Crippen molar-refractivity contribution >= 4 is 26.8 Å². The van der Waals surface area contributed by atoms with Crippen molar-refractivity contribution in [3.63, 3.8) is 0 Å². The van der Waals surface area contributed by atoms with Crippen molar-refractivity contribution < 1.29 is 4.74 Å². The van der Waals surface area contributed by atoms with Crippen LogP contribution < -0.4 is 4.74 Å². The average molecular weight is 356 g/mol. The summed E-state index contributed by atoms with van der Waals surface area (Å²) in [6, 6.07) is 14.7. The third-order valence-electron chi connectivity index (χ3n) is 4.42. The van der Waals surface area contributed by atoms with Crippen LogP contribution in [0.25, 0.3) is 10.9 Å². The Kier molecular flexibility index (Phi) is 3.45. The van der Waals surface area contributed by atoms with Crippen LogP contribution in [0.2, 0.25) is 0 Å². The van der Waals surface area contributed by atoms with Crippen molar-refractivity contribution in [2.24, 2.45) is 0 Å². The molecule has 0 spiro atoms. The summed E-state index contributed by atoms with van der Waals surface area (Å²) in [6.07, 6.45) is 3.48. The van der Waals surface area contributed by atoms with Gasteiger partial charge in [0.2, 0.25) is 0 Å². The van der Waals surface area contributed by atoms with E-state index in [2.05, 4.69) is 70.3 Å². The molecule has 0 amide bonds. The van der Waals surface area contributed by atoms with Crippen LogP contribution in [0.5, 0.6) is 5.75 Å². The summed E-state index contributed by atoms with van der Waals surface area (Å²) in [5, 5.41) is 1.32. The van der Waals surface area contributed by atoms with Gasteiger partial charge < -0.3 is 9.72 Å². The third kappa shape index (κ3) is 2.44. The summed E-state index contributed by atoms with van der Waals surface area (Å²) in [4.78, 5) is 3.58. The minimum absolute atomic E-state index is 0.123. The fourth-order valence-corrected chi connectivity index (χ4v) is 3.65. The number of benzene rings is 2. The fourth-order valence-electron chi connectivity index (χ4n) is 3.29.